The van der Waals surface area contributed by atoms with Crippen molar-refractivity contribution in [1.29, 1.82) is 0 Å². The highest BCUT2D eigenvalue weighted by Crippen LogP contribution is 2.39. The Morgan fingerprint density at radius 1 is 1.07 bits per heavy atom. The number of carbonyl (C=O) groups excluding carboxylic acids is 1. The maximum absolute atomic E-state index is 11.8. The van der Waals surface area contributed by atoms with E-state index in [1.165, 1.54) is 38.5 Å². The van der Waals surface area contributed by atoms with Gasteiger partial charge in [0, 0.05) is 31.0 Å². The van der Waals surface area contributed by atoms with E-state index >= 15 is 0 Å². The number of nitrogens with one attached hydrogen (secondary N) is 2. The van der Waals surface area contributed by atoms with E-state index in [2.05, 4.69) is 32.2 Å². The maximum Gasteiger partial charge on any atom is 0.427 e. The Morgan fingerprint density at radius 2 is 1.93 bits per heavy atom. The zero-order valence-corrected chi connectivity index (χ0v) is 23.6. The van der Waals surface area contributed by atoms with Crippen molar-refractivity contribution >= 4 is 34.7 Å². The number of fused-ring (bicyclic) bond motifs is 2. The van der Waals surface area contributed by atoms with E-state index in [0.717, 1.165) is 60.1 Å². The second-order valence-corrected chi connectivity index (χ2v) is 12.3. The van der Waals surface area contributed by atoms with Gasteiger partial charge >= 0.3 is 6.09 Å². The average molecular weight is 566 g/mol. The van der Waals surface area contributed by atoms with Crippen LogP contribution in [0.4, 0.5) is 10.7 Å². The lowest BCUT2D eigenvalue weighted by molar-refractivity contribution is -0.00958. The summed E-state index contributed by atoms with van der Waals surface area (Å²) in [6, 6.07) is 4.17. The predicted molar refractivity (Wildman–Crippen MR) is 152 cm³/mol. The summed E-state index contributed by atoms with van der Waals surface area (Å²) in [5.74, 6) is 2.35. The first-order valence-electron chi connectivity index (χ1n) is 14.7. The van der Waals surface area contributed by atoms with Crippen molar-refractivity contribution in [2.24, 2.45) is 11.8 Å². The molecule has 3 aromatic rings. The Balaban J connectivity index is 1.41. The van der Waals surface area contributed by atoms with Crippen molar-refractivity contribution in [2.75, 3.05) is 18.1 Å². The van der Waals surface area contributed by atoms with Gasteiger partial charge in [-0.1, -0.05) is 44.2 Å². The molecule has 0 aromatic carbocycles. The molecular formula is C29H36ClN7O3. The Labute approximate surface area is 238 Å². The van der Waals surface area contributed by atoms with Gasteiger partial charge in [0.15, 0.2) is 6.17 Å². The van der Waals surface area contributed by atoms with Gasteiger partial charge in [0.1, 0.15) is 0 Å². The summed E-state index contributed by atoms with van der Waals surface area (Å²) in [5, 5.41) is 3.32. The van der Waals surface area contributed by atoms with Crippen LogP contribution >= 0.6 is 11.6 Å². The number of carbonyl (C=O) groups is 1. The van der Waals surface area contributed by atoms with Gasteiger partial charge in [-0.05, 0) is 49.7 Å². The number of aromatic nitrogens is 4. The van der Waals surface area contributed by atoms with Gasteiger partial charge < -0.3 is 19.0 Å². The fraction of sp³-hybridized carbons (Fsp3) is 0.586. The first-order chi connectivity index (χ1) is 19.5. The van der Waals surface area contributed by atoms with Gasteiger partial charge in [0.25, 0.3) is 0 Å². The molecule has 5 heterocycles. The van der Waals surface area contributed by atoms with Crippen molar-refractivity contribution in [1.82, 2.24) is 30.3 Å². The molecule has 3 aromatic heterocycles. The maximum atomic E-state index is 11.8. The van der Waals surface area contributed by atoms with Crippen molar-refractivity contribution in [3.05, 3.63) is 35.2 Å². The molecule has 7 rings (SSSR count). The van der Waals surface area contributed by atoms with E-state index in [4.69, 9.17) is 31.1 Å². The van der Waals surface area contributed by atoms with Crippen LogP contribution in [-0.4, -0.2) is 50.9 Å². The highest BCUT2D eigenvalue weighted by molar-refractivity contribution is 6.30. The van der Waals surface area contributed by atoms with Gasteiger partial charge in [-0.15, -0.1) is 5.48 Å². The van der Waals surface area contributed by atoms with Gasteiger partial charge in [0.05, 0.1) is 46.2 Å². The van der Waals surface area contributed by atoms with Crippen LogP contribution in [0.5, 0.6) is 0 Å². The van der Waals surface area contributed by atoms with Gasteiger partial charge in [0.2, 0.25) is 5.95 Å². The van der Waals surface area contributed by atoms with E-state index in [0.29, 0.717) is 29.3 Å². The molecule has 2 aliphatic heterocycles. The topological polar surface area (TPSA) is 106 Å². The second-order valence-electron chi connectivity index (χ2n) is 11.8. The fourth-order valence-electron chi connectivity index (χ4n) is 6.98. The van der Waals surface area contributed by atoms with Crippen LogP contribution in [-0.2, 0) is 16.1 Å². The molecule has 2 N–H and O–H groups in total. The number of ether oxygens (including phenoxy) is 1. The van der Waals surface area contributed by atoms with Crippen LogP contribution in [0.1, 0.15) is 70.2 Å². The number of nitrogens with zero attached hydrogens (tertiary/aromatic N) is 5. The third-order valence-corrected chi connectivity index (χ3v) is 9.30. The van der Waals surface area contributed by atoms with Crippen LogP contribution in [0.2, 0.25) is 5.02 Å². The van der Waals surface area contributed by atoms with Crippen LogP contribution in [0.3, 0.4) is 0 Å². The largest absolute Gasteiger partial charge is 0.427 e. The number of rotatable bonds is 5. The van der Waals surface area contributed by atoms with Gasteiger partial charge in [-0.3, -0.25) is 10.3 Å². The number of halogens is 1. The fourth-order valence-corrected chi connectivity index (χ4v) is 7.16. The molecule has 11 heteroatoms. The lowest BCUT2D eigenvalue weighted by Gasteiger charge is -2.44. The number of hydrogen-bond donors (Lipinski definition) is 2. The van der Waals surface area contributed by atoms with Crippen LogP contribution in [0, 0.1) is 11.8 Å². The minimum Gasteiger partial charge on any atom is -0.374 e. The van der Waals surface area contributed by atoms with Crippen molar-refractivity contribution in [2.45, 2.75) is 83.1 Å². The first-order valence-corrected chi connectivity index (χ1v) is 15.0. The molecule has 2 saturated carbocycles. The summed E-state index contributed by atoms with van der Waals surface area (Å²) < 4.78 is 8.65. The Bertz CT molecular complexity index is 1400. The summed E-state index contributed by atoms with van der Waals surface area (Å²) in [6.07, 6.45) is 12.1. The van der Waals surface area contributed by atoms with E-state index in [1.807, 2.05) is 12.1 Å². The highest BCUT2D eigenvalue weighted by Gasteiger charge is 2.38. The molecule has 3 atom stereocenters. The zero-order chi connectivity index (χ0) is 27.2. The molecule has 0 spiro atoms. The zero-order valence-electron chi connectivity index (χ0n) is 22.8. The Morgan fingerprint density at radius 3 is 2.73 bits per heavy atom. The number of amides is 1. The lowest BCUT2D eigenvalue weighted by atomic mass is 9.83. The Kier molecular flexibility index (Phi) is 7.01. The van der Waals surface area contributed by atoms with E-state index in [9.17, 15) is 4.79 Å². The van der Waals surface area contributed by atoms with Crippen molar-refractivity contribution in [3.63, 3.8) is 0 Å². The molecular weight excluding hydrogens is 530 g/mol. The van der Waals surface area contributed by atoms with E-state index < -0.39 is 12.3 Å². The third-order valence-electron chi connectivity index (χ3n) is 9.10. The van der Waals surface area contributed by atoms with Crippen LogP contribution in [0.25, 0.3) is 22.3 Å². The minimum absolute atomic E-state index is 0.242. The first kappa shape index (κ1) is 26.0. The average Bonchev–Trinajstić information content (AvgIpc) is 3.57. The van der Waals surface area contributed by atoms with E-state index in [-0.39, 0.29) is 6.10 Å². The predicted octanol–water partition coefficient (Wildman–Crippen LogP) is 5.36. The number of morpholine rings is 1. The molecule has 1 amide bonds. The summed E-state index contributed by atoms with van der Waals surface area (Å²) >= 11 is 6.42. The molecule has 10 nitrogen and oxygen atoms in total. The molecule has 2 saturated heterocycles. The second kappa shape index (κ2) is 10.8. The molecule has 4 fully saturated rings. The van der Waals surface area contributed by atoms with Gasteiger partial charge in [-0.25, -0.2) is 14.8 Å². The third kappa shape index (κ3) is 4.90. The molecule has 0 bridgehead atoms. The summed E-state index contributed by atoms with van der Waals surface area (Å²) in [5.41, 5.74) is 6.74. The lowest BCUT2D eigenvalue weighted by Crippen LogP contribution is -2.53. The monoisotopic (exact) mass is 565 g/mol. The molecule has 3 unspecified atom stereocenters. The molecule has 2 aliphatic carbocycles. The molecule has 212 valence electrons. The number of hydrogen-bond acceptors (Lipinski definition) is 8. The molecule has 4 aliphatic rings. The standard InChI is InChI=1S/C29H36ClN7O3/c1-17-6-8-18(9-7-17)16-37-26-21(33-28(37)36-10-11-39-24-5-3-2-4-23(24)36)13-22(27-34-29(38)40-35-27)32-25(26)19-12-20(30)15-31-14-19/h12-15,17-18,23-24,27,35H,2-11,16H2,1H3,(H,34,38). The van der Waals surface area contributed by atoms with Crippen LogP contribution in [0.15, 0.2) is 24.5 Å². The minimum atomic E-state index is -0.581. The number of pyridine rings is 2. The quantitative estimate of drug-likeness (QED) is 0.425. The smallest absolute Gasteiger partial charge is 0.374 e. The van der Waals surface area contributed by atoms with E-state index in [1.54, 1.807) is 12.4 Å². The SMILES string of the molecule is CC1CCC(Cn2c(N3CCOC4CCCCC43)nc3cc(C4NOC(=O)N4)nc(-c4cncc(Cl)c4)c32)CC1. The van der Waals surface area contributed by atoms with Crippen LogP contribution < -0.4 is 15.7 Å². The summed E-state index contributed by atoms with van der Waals surface area (Å²) in [4.78, 5) is 34.1. The van der Waals surface area contributed by atoms with Crippen molar-refractivity contribution < 1.29 is 14.4 Å². The number of anilines is 1. The van der Waals surface area contributed by atoms with Gasteiger partial charge in [-0.2, -0.15) is 0 Å². The normalized spacial score (nSPS) is 28.8. The van der Waals surface area contributed by atoms with Crippen molar-refractivity contribution in [3.8, 4) is 11.3 Å². The Hall–Kier alpha value is -2.95. The summed E-state index contributed by atoms with van der Waals surface area (Å²) in [7, 11) is 0. The molecule has 0 radical (unpaired) electrons. The highest BCUT2D eigenvalue weighted by atomic mass is 35.5. The number of imidazole rings is 1. The summed E-state index contributed by atoms with van der Waals surface area (Å²) in [6.45, 7) is 4.77. The molecule has 40 heavy (non-hydrogen) atoms. The number of hydroxylamine groups is 1.